The number of hydrogen-bond donors (Lipinski definition) is 1. The number of rotatable bonds is 5. The smallest absolute Gasteiger partial charge is 0.119 e. The van der Waals surface area contributed by atoms with Crippen molar-refractivity contribution >= 4 is 11.8 Å². The third-order valence-electron chi connectivity index (χ3n) is 1.73. The first-order valence-corrected chi connectivity index (χ1v) is 5.64. The highest BCUT2D eigenvalue weighted by Gasteiger charge is 2.02. The molecule has 0 aromatic heterocycles. The van der Waals surface area contributed by atoms with E-state index >= 15 is 0 Å². The van der Waals surface area contributed by atoms with Crippen LogP contribution in [-0.2, 0) is 0 Å². The van der Waals surface area contributed by atoms with Gasteiger partial charge in [0.1, 0.15) is 5.75 Å². The van der Waals surface area contributed by atoms with Crippen molar-refractivity contribution in [1.82, 2.24) is 0 Å². The van der Waals surface area contributed by atoms with Crippen LogP contribution in [0, 0.1) is 0 Å². The predicted molar refractivity (Wildman–Crippen MR) is 60.0 cm³/mol. The molecular formula is C11H16O2S. The van der Waals surface area contributed by atoms with Crippen LogP contribution in [0.2, 0.25) is 0 Å². The minimum absolute atomic E-state index is 0.206. The molecule has 0 aliphatic carbocycles. The summed E-state index contributed by atoms with van der Waals surface area (Å²) in [4.78, 5) is 1.16. The van der Waals surface area contributed by atoms with Crippen molar-refractivity contribution in [3.63, 3.8) is 0 Å². The van der Waals surface area contributed by atoms with Gasteiger partial charge in [-0.05, 0) is 31.2 Å². The number of aliphatic hydroxyl groups is 1. The summed E-state index contributed by atoms with van der Waals surface area (Å²) in [5.41, 5.74) is 0. The lowest BCUT2D eigenvalue weighted by atomic mass is 10.3. The fraction of sp³-hybridized carbons (Fsp3) is 0.455. The molecule has 0 bridgehead atoms. The molecule has 0 fully saturated rings. The topological polar surface area (TPSA) is 29.5 Å². The summed E-state index contributed by atoms with van der Waals surface area (Å²) >= 11 is 1.66. The molecule has 1 rings (SSSR count). The number of aliphatic hydroxyl groups excluding tert-OH is 1. The Morgan fingerprint density at radius 2 is 2.00 bits per heavy atom. The zero-order valence-corrected chi connectivity index (χ0v) is 9.38. The van der Waals surface area contributed by atoms with Gasteiger partial charge in [0.2, 0.25) is 0 Å². The third kappa shape index (κ3) is 3.60. The predicted octanol–water partition coefficient (Wildman–Crippen LogP) is 2.56. The van der Waals surface area contributed by atoms with Gasteiger partial charge in [0.05, 0.1) is 13.2 Å². The summed E-state index contributed by atoms with van der Waals surface area (Å²) in [5.74, 6) is 0.897. The number of ether oxygens (including phenoxy) is 1. The molecule has 0 saturated carbocycles. The first-order valence-electron chi connectivity index (χ1n) is 4.76. The molecule has 3 heteroatoms. The average Bonchev–Trinajstić information content (AvgIpc) is 2.21. The lowest BCUT2D eigenvalue weighted by Crippen LogP contribution is -2.01. The molecule has 0 spiro atoms. The van der Waals surface area contributed by atoms with Crippen LogP contribution >= 0.6 is 11.8 Å². The normalized spacial score (nSPS) is 12.5. The fourth-order valence-corrected chi connectivity index (χ4v) is 1.88. The molecule has 1 aromatic rings. The maximum Gasteiger partial charge on any atom is 0.119 e. The SMILES string of the molecule is CCOc1ccc(SC(C)CO)cc1. The lowest BCUT2D eigenvalue weighted by molar-refractivity contribution is 0.300. The maximum absolute atomic E-state index is 8.89. The number of thioether (sulfide) groups is 1. The van der Waals surface area contributed by atoms with E-state index in [1.165, 1.54) is 0 Å². The monoisotopic (exact) mass is 212 g/mol. The van der Waals surface area contributed by atoms with Crippen molar-refractivity contribution in [3.8, 4) is 5.75 Å². The van der Waals surface area contributed by atoms with Gasteiger partial charge < -0.3 is 9.84 Å². The van der Waals surface area contributed by atoms with Crippen LogP contribution in [0.4, 0.5) is 0 Å². The third-order valence-corrected chi connectivity index (χ3v) is 2.82. The molecule has 0 saturated heterocycles. The van der Waals surface area contributed by atoms with Crippen LogP contribution in [0.15, 0.2) is 29.2 Å². The van der Waals surface area contributed by atoms with Crippen LogP contribution in [-0.4, -0.2) is 23.6 Å². The minimum Gasteiger partial charge on any atom is -0.494 e. The van der Waals surface area contributed by atoms with E-state index in [2.05, 4.69) is 0 Å². The standard InChI is InChI=1S/C11H16O2S/c1-3-13-10-4-6-11(7-5-10)14-9(2)8-12/h4-7,9,12H,3,8H2,1-2H3. The summed E-state index contributed by atoms with van der Waals surface area (Å²) in [5, 5.41) is 9.13. The largest absolute Gasteiger partial charge is 0.494 e. The van der Waals surface area contributed by atoms with Crippen molar-refractivity contribution in [2.24, 2.45) is 0 Å². The summed E-state index contributed by atoms with van der Waals surface area (Å²) in [6.07, 6.45) is 0. The first-order chi connectivity index (χ1) is 6.76. The van der Waals surface area contributed by atoms with E-state index in [-0.39, 0.29) is 11.9 Å². The van der Waals surface area contributed by atoms with Crippen molar-refractivity contribution < 1.29 is 9.84 Å². The van der Waals surface area contributed by atoms with E-state index in [0.29, 0.717) is 6.61 Å². The molecule has 2 nitrogen and oxygen atoms in total. The van der Waals surface area contributed by atoms with Crippen LogP contribution in [0.25, 0.3) is 0 Å². The first kappa shape index (κ1) is 11.4. The molecule has 0 heterocycles. The highest BCUT2D eigenvalue weighted by Crippen LogP contribution is 2.24. The molecule has 14 heavy (non-hydrogen) atoms. The second-order valence-corrected chi connectivity index (χ2v) is 4.53. The molecule has 1 unspecified atom stereocenters. The summed E-state index contributed by atoms with van der Waals surface area (Å²) in [7, 11) is 0. The lowest BCUT2D eigenvalue weighted by Gasteiger charge is -2.08. The van der Waals surface area contributed by atoms with E-state index in [4.69, 9.17) is 9.84 Å². The Morgan fingerprint density at radius 1 is 1.36 bits per heavy atom. The van der Waals surface area contributed by atoms with E-state index < -0.39 is 0 Å². The second kappa shape index (κ2) is 5.94. The summed E-state index contributed by atoms with van der Waals surface area (Å²) in [6.45, 7) is 4.87. The Bertz CT molecular complexity index is 258. The molecule has 0 aliphatic heterocycles. The highest BCUT2D eigenvalue weighted by molar-refractivity contribution is 8.00. The van der Waals surface area contributed by atoms with E-state index in [9.17, 15) is 0 Å². The average molecular weight is 212 g/mol. The summed E-state index contributed by atoms with van der Waals surface area (Å²) < 4.78 is 5.33. The van der Waals surface area contributed by atoms with Crippen molar-refractivity contribution in [2.45, 2.75) is 24.0 Å². The van der Waals surface area contributed by atoms with Crippen LogP contribution in [0.1, 0.15) is 13.8 Å². The summed E-state index contributed by atoms with van der Waals surface area (Å²) in [6, 6.07) is 7.94. The van der Waals surface area contributed by atoms with Crippen LogP contribution in [0.3, 0.4) is 0 Å². The molecule has 1 atom stereocenters. The highest BCUT2D eigenvalue weighted by atomic mass is 32.2. The Kier molecular flexibility index (Phi) is 4.84. The van der Waals surface area contributed by atoms with Crippen molar-refractivity contribution in [2.75, 3.05) is 13.2 Å². The van der Waals surface area contributed by atoms with Gasteiger partial charge in [0, 0.05) is 10.1 Å². The van der Waals surface area contributed by atoms with Crippen molar-refractivity contribution in [1.29, 1.82) is 0 Å². The van der Waals surface area contributed by atoms with Gasteiger partial charge in [-0.1, -0.05) is 6.92 Å². The quantitative estimate of drug-likeness (QED) is 0.761. The number of benzene rings is 1. The Balaban J connectivity index is 2.54. The van der Waals surface area contributed by atoms with Gasteiger partial charge in [0.25, 0.3) is 0 Å². The van der Waals surface area contributed by atoms with E-state index in [1.54, 1.807) is 11.8 Å². The van der Waals surface area contributed by atoms with Crippen LogP contribution in [0.5, 0.6) is 5.75 Å². The molecule has 0 amide bonds. The zero-order valence-electron chi connectivity index (χ0n) is 8.56. The molecule has 0 radical (unpaired) electrons. The van der Waals surface area contributed by atoms with Gasteiger partial charge in [0.15, 0.2) is 0 Å². The Labute approximate surface area is 89.3 Å². The van der Waals surface area contributed by atoms with Gasteiger partial charge in [-0.25, -0.2) is 0 Å². The molecule has 78 valence electrons. The van der Waals surface area contributed by atoms with Gasteiger partial charge >= 0.3 is 0 Å². The second-order valence-electron chi connectivity index (χ2n) is 3.02. The van der Waals surface area contributed by atoms with E-state index in [1.807, 2.05) is 38.1 Å². The van der Waals surface area contributed by atoms with Crippen LogP contribution < -0.4 is 4.74 Å². The molecular weight excluding hydrogens is 196 g/mol. The van der Waals surface area contributed by atoms with E-state index in [0.717, 1.165) is 10.6 Å². The Hall–Kier alpha value is -0.670. The maximum atomic E-state index is 8.89. The van der Waals surface area contributed by atoms with Gasteiger partial charge in [-0.3, -0.25) is 0 Å². The minimum atomic E-state index is 0.206. The number of hydrogen-bond acceptors (Lipinski definition) is 3. The van der Waals surface area contributed by atoms with Gasteiger partial charge in [-0.15, -0.1) is 11.8 Å². The molecule has 0 aliphatic rings. The van der Waals surface area contributed by atoms with Gasteiger partial charge in [-0.2, -0.15) is 0 Å². The zero-order chi connectivity index (χ0) is 10.4. The molecule has 1 aromatic carbocycles. The molecule has 1 N–H and O–H groups in total. The Morgan fingerprint density at radius 3 is 2.50 bits per heavy atom. The van der Waals surface area contributed by atoms with Crippen molar-refractivity contribution in [3.05, 3.63) is 24.3 Å². The fourth-order valence-electron chi connectivity index (χ4n) is 1.05.